The maximum atomic E-state index is 12.7. The van der Waals surface area contributed by atoms with Gasteiger partial charge in [0.25, 0.3) is 5.91 Å². The molecule has 3 aromatic rings. The molecule has 0 aliphatic carbocycles. The number of nitrogens with one attached hydrogen (secondary N) is 1. The number of rotatable bonds is 8. The number of carbonyl (C=O) groups excluding carboxylic acids is 1. The van der Waals surface area contributed by atoms with Gasteiger partial charge in [-0.2, -0.15) is 0 Å². The second-order valence-electron chi connectivity index (χ2n) is 7.12. The third-order valence-electron chi connectivity index (χ3n) is 4.77. The van der Waals surface area contributed by atoms with E-state index in [0.717, 1.165) is 19.4 Å². The van der Waals surface area contributed by atoms with E-state index >= 15 is 0 Å². The zero-order valence-electron chi connectivity index (χ0n) is 17.0. The average Bonchev–Trinajstić information content (AvgIpc) is 3.15. The van der Waals surface area contributed by atoms with Crippen molar-refractivity contribution in [3.63, 3.8) is 0 Å². The standard InChI is InChI=1S/C22H26N4O3/c1-4-12-26-14-23-25-20(26)16(3)24-21(27)19-15(2)13-18(29-22(19)28)11-10-17-8-6-5-7-9-17/h5-9,13-14,16H,4,10-12H2,1-3H3,(H,24,27). The summed E-state index contributed by atoms with van der Waals surface area (Å²) in [6.45, 7) is 6.39. The van der Waals surface area contributed by atoms with Crippen molar-refractivity contribution in [3.05, 3.63) is 81.4 Å². The first-order chi connectivity index (χ1) is 14.0. The molecule has 0 fully saturated rings. The lowest BCUT2D eigenvalue weighted by atomic mass is 10.1. The summed E-state index contributed by atoms with van der Waals surface area (Å²) < 4.78 is 7.31. The van der Waals surface area contributed by atoms with Crippen LogP contribution < -0.4 is 10.9 Å². The Labute approximate surface area is 169 Å². The maximum absolute atomic E-state index is 12.7. The molecular formula is C22H26N4O3. The molecule has 2 heterocycles. The average molecular weight is 394 g/mol. The summed E-state index contributed by atoms with van der Waals surface area (Å²) >= 11 is 0. The van der Waals surface area contributed by atoms with Crippen molar-refractivity contribution in [2.24, 2.45) is 0 Å². The molecule has 0 aliphatic heterocycles. The first-order valence-electron chi connectivity index (χ1n) is 9.85. The molecule has 3 rings (SSSR count). The minimum absolute atomic E-state index is 0.0295. The Hall–Kier alpha value is -3.22. The number of amides is 1. The van der Waals surface area contributed by atoms with E-state index in [9.17, 15) is 9.59 Å². The number of hydrogen-bond donors (Lipinski definition) is 1. The molecule has 0 spiro atoms. The van der Waals surface area contributed by atoms with E-state index in [4.69, 9.17) is 4.42 Å². The summed E-state index contributed by atoms with van der Waals surface area (Å²) in [5, 5.41) is 10.8. The van der Waals surface area contributed by atoms with E-state index in [0.29, 0.717) is 23.6 Å². The highest BCUT2D eigenvalue weighted by Gasteiger charge is 2.21. The maximum Gasteiger partial charge on any atom is 0.349 e. The SMILES string of the molecule is CCCn1cnnc1C(C)NC(=O)c1c(C)cc(CCc2ccccc2)oc1=O. The van der Waals surface area contributed by atoms with Crippen molar-refractivity contribution in [1.29, 1.82) is 0 Å². The molecule has 152 valence electrons. The second-order valence-corrected chi connectivity index (χ2v) is 7.12. The minimum Gasteiger partial charge on any atom is -0.427 e. The van der Waals surface area contributed by atoms with Crippen molar-refractivity contribution < 1.29 is 9.21 Å². The van der Waals surface area contributed by atoms with Crippen LogP contribution in [-0.2, 0) is 19.4 Å². The highest BCUT2D eigenvalue weighted by atomic mass is 16.4. The number of hydrogen-bond acceptors (Lipinski definition) is 5. The van der Waals surface area contributed by atoms with Crippen molar-refractivity contribution in [1.82, 2.24) is 20.1 Å². The largest absolute Gasteiger partial charge is 0.427 e. The van der Waals surface area contributed by atoms with Gasteiger partial charge in [-0.15, -0.1) is 10.2 Å². The zero-order valence-corrected chi connectivity index (χ0v) is 17.0. The first kappa shape index (κ1) is 20.5. The smallest absolute Gasteiger partial charge is 0.349 e. The Morgan fingerprint density at radius 2 is 2.00 bits per heavy atom. The Morgan fingerprint density at radius 1 is 1.24 bits per heavy atom. The van der Waals surface area contributed by atoms with Crippen LogP contribution in [0.2, 0.25) is 0 Å². The van der Waals surface area contributed by atoms with E-state index in [1.54, 1.807) is 19.3 Å². The van der Waals surface area contributed by atoms with Gasteiger partial charge < -0.3 is 14.3 Å². The zero-order chi connectivity index (χ0) is 20.8. The minimum atomic E-state index is -0.618. The van der Waals surface area contributed by atoms with Gasteiger partial charge in [-0.1, -0.05) is 37.3 Å². The van der Waals surface area contributed by atoms with Crippen LogP contribution in [0, 0.1) is 6.92 Å². The number of benzene rings is 1. The first-order valence-corrected chi connectivity index (χ1v) is 9.85. The molecule has 0 saturated heterocycles. The van der Waals surface area contributed by atoms with Crippen LogP contribution in [-0.4, -0.2) is 20.7 Å². The fraction of sp³-hybridized carbons (Fsp3) is 0.364. The van der Waals surface area contributed by atoms with Crippen molar-refractivity contribution in [2.75, 3.05) is 0 Å². The van der Waals surface area contributed by atoms with E-state index in [1.807, 2.05) is 41.8 Å². The summed E-state index contributed by atoms with van der Waals surface area (Å²) in [5.41, 5.74) is 1.18. The van der Waals surface area contributed by atoms with Crippen LogP contribution in [0.3, 0.4) is 0 Å². The van der Waals surface area contributed by atoms with Gasteiger partial charge in [-0.3, -0.25) is 4.79 Å². The van der Waals surface area contributed by atoms with Crippen LogP contribution in [0.15, 0.2) is 51.9 Å². The molecule has 7 nitrogen and oxygen atoms in total. The number of aromatic nitrogens is 3. The molecule has 0 bridgehead atoms. The van der Waals surface area contributed by atoms with Crippen LogP contribution in [0.1, 0.15) is 59.4 Å². The second kappa shape index (κ2) is 9.32. The molecule has 1 N–H and O–H groups in total. The summed E-state index contributed by atoms with van der Waals surface area (Å²) in [5.74, 6) is 0.759. The summed E-state index contributed by atoms with van der Waals surface area (Å²) in [4.78, 5) is 25.2. The van der Waals surface area contributed by atoms with Gasteiger partial charge in [0.1, 0.15) is 17.7 Å². The van der Waals surface area contributed by atoms with E-state index in [-0.39, 0.29) is 11.6 Å². The van der Waals surface area contributed by atoms with Crippen molar-refractivity contribution in [2.45, 2.75) is 52.6 Å². The van der Waals surface area contributed by atoms with Gasteiger partial charge in [0, 0.05) is 13.0 Å². The Kier molecular flexibility index (Phi) is 6.59. The lowest BCUT2D eigenvalue weighted by Gasteiger charge is -2.15. The van der Waals surface area contributed by atoms with E-state index < -0.39 is 11.5 Å². The van der Waals surface area contributed by atoms with Crippen LogP contribution >= 0.6 is 0 Å². The summed E-state index contributed by atoms with van der Waals surface area (Å²) in [6, 6.07) is 11.4. The normalized spacial score (nSPS) is 12.0. The van der Waals surface area contributed by atoms with Crippen LogP contribution in [0.4, 0.5) is 0 Å². The van der Waals surface area contributed by atoms with Gasteiger partial charge in [0.05, 0.1) is 6.04 Å². The highest BCUT2D eigenvalue weighted by Crippen LogP contribution is 2.14. The lowest BCUT2D eigenvalue weighted by molar-refractivity contribution is 0.0932. The van der Waals surface area contributed by atoms with Gasteiger partial charge in [-0.25, -0.2) is 4.79 Å². The molecule has 2 aromatic heterocycles. The highest BCUT2D eigenvalue weighted by molar-refractivity contribution is 5.95. The summed E-state index contributed by atoms with van der Waals surface area (Å²) in [7, 11) is 0. The van der Waals surface area contributed by atoms with Gasteiger partial charge in [0.15, 0.2) is 5.82 Å². The fourth-order valence-electron chi connectivity index (χ4n) is 3.33. The monoisotopic (exact) mass is 394 g/mol. The molecule has 29 heavy (non-hydrogen) atoms. The lowest BCUT2D eigenvalue weighted by Crippen LogP contribution is -2.33. The number of nitrogens with zero attached hydrogens (tertiary/aromatic N) is 3. The van der Waals surface area contributed by atoms with Gasteiger partial charge >= 0.3 is 5.63 Å². The Morgan fingerprint density at radius 3 is 2.69 bits per heavy atom. The molecule has 1 aromatic carbocycles. The number of carbonyl (C=O) groups is 1. The van der Waals surface area contributed by atoms with E-state index in [2.05, 4.69) is 22.4 Å². The molecule has 1 unspecified atom stereocenters. The van der Waals surface area contributed by atoms with Gasteiger partial charge in [0.2, 0.25) is 0 Å². The topological polar surface area (TPSA) is 90.0 Å². The molecular weight excluding hydrogens is 368 g/mol. The van der Waals surface area contributed by atoms with Crippen molar-refractivity contribution in [3.8, 4) is 0 Å². The fourth-order valence-corrected chi connectivity index (χ4v) is 3.33. The third kappa shape index (κ3) is 4.99. The van der Waals surface area contributed by atoms with Crippen LogP contribution in [0.25, 0.3) is 0 Å². The van der Waals surface area contributed by atoms with Crippen molar-refractivity contribution >= 4 is 5.91 Å². The summed E-state index contributed by atoms with van der Waals surface area (Å²) in [6.07, 6.45) is 3.93. The molecule has 0 aliphatic rings. The Bertz CT molecular complexity index is 1020. The predicted octanol–water partition coefficient (Wildman–Crippen LogP) is 3.23. The predicted molar refractivity (Wildman–Crippen MR) is 110 cm³/mol. The molecule has 0 saturated carbocycles. The quantitative estimate of drug-likeness (QED) is 0.633. The number of aryl methyl sites for hydroxylation is 4. The molecule has 1 atom stereocenters. The van der Waals surface area contributed by atoms with Crippen LogP contribution in [0.5, 0.6) is 0 Å². The molecule has 1 amide bonds. The van der Waals surface area contributed by atoms with Gasteiger partial charge in [-0.05, 0) is 43.9 Å². The molecule has 0 radical (unpaired) electrons. The molecule has 7 heteroatoms. The van der Waals surface area contributed by atoms with E-state index in [1.165, 1.54) is 5.56 Å². The Balaban J connectivity index is 1.72. The third-order valence-corrected chi connectivity index (χ3v) is 4.77.